The predicted octanol–water partition coefficient (Wildman–Crippen LogP) is -0.766. The maximum absolute atomic E-state index is 14.0. The summed E-state index contributed by atoms with van der Waals surface area (Å²) in [5.74, 6) is -4.42. The number of H-pyrrole nitrogens is 1. The lowest BCUT2D eigenvalue weighted by atomic mass is 9.97. The van der Waals surface area contributed by atoms with Crippen LogP contribution in [-0.4, -0.2) is 98.8 Å². The van der Waals surface area contributed by atoms with Crippen molar-refractivity contribution < 1.29 is 33.9 Å². The molecule has 0 saturated carbocycles. The van der Waals surface area contributed by atoms with Crippen molar-refractivity contribution in [2.24, 2.45) is 11.7 Å². The van der Waals surface area contributed by atoms with Crippen molar-refractivity contribution in [3.8, 4) is 0 Å². The summed E-state index contributed by atoms with van der Waals surface area (Å²) in [4.78, 5) is 85.9. The Morgan fingerprint density at radius 3 is 2.33 bits per heavy atom. The highest BCUT2D eigenvalue weighted by molar-refractivity contribution is 5.96. The molecule has 0 spiro atoms. The smallest absolute Gasteiger partial charge is 0.326 e. The fraction of sp³-hybridized carbons (Fsp3) is 0.516. The molecular formula is C31H44N8O7. The highest BCUT2D eigenvalue weighted by Gasteiger charge is 2.40. The molecule has 8 N–H and O–H groups in total. The number of nitrogens with zero attached hydrogens (tertiary/aromatic N) is 2. The zero-order valence-corrected chi connectivity index (χ0v) is 26.3. The van der Waals surface area contributed by atoms with Gasteiger partial charge < -0.3 is 42.0 Å². The molecule has 15 nitrogen and oxygen atoms in total. The third kappa shape index (κ3) is 9.86. The van der Waals surface area contributed by atoms with E-state index in [1.165, 1.54) is 24.3 Å². The summed E-state index contributed by atoms with van der Waals surface area (Å²) in [7, 11) is 0. The van der Waals surface area contributed by atoms with Gasteiger partial charge in [0.15, 0.2) is 0 Å². The molecule has 2 aromatic rings. The SMILES string of the molecule is CC[C@H](C)[C@H](NC(=O)[C@H](C)NC(=O)CN)C(=O)N[C@@H](Cc1cnc[nH]1)C(=O)N1CCC[C@H]1C(=O)N[C@@H](Cc1ccccc1)C(=O)O. The first-order chi connectivity index (χ1) is 21.9. The Morgan fingerprint density at radius 1 is 1.00 bits per heavy atom. The van der Waals surface area contributed by atoms with Crippen LogP contribution in [0.2, 0.25) is 0 Å². The van der Waals surface area contributed by atoms with Crippen molar-refractivity contribution in [2.75, 3.05) is 13.1 Å². The lowest BCUT2D eigenvalue weighted by Crippen LogP contribution is -2.60. The van der Waals surface area contributed by atoms with Crippen molar-refractivity contribution in [3.63, 3.8) is 0 Å². The van der Waals surface area contributed by atoms with E-state index in [1.807, 2.05) is 6.92 Å². The van der Waals surface area contributed by atoms with Crippen LogP contribution in [0.5, 0.6) is 0 Å². The van der Waals surface area contributed by atoms with Gasteiger partial charge in [0.05, 0.1) is 12.9 Å². The van der Waals surface area contributed by atoms with Crippen LogP contribution in [0.15, 0.2) is 42.9 Å². The zero-order valence-electron chi connectivity index (χ0n) is 26.3. The first kappa shape index (κ1) is 35.7. The summed E-state index contributed by atoms with van der Waals surface area (Å²) >= 11 is 0. The normalized spacial score (nSPS) is 17.6. The molecule has 0 aliphatic carbocycles. The molecule has 0 radical (unpaired) electrons. The van der Waals surface area contributed by atoms with Gasteiger partial charge in [-0.2, -0.15) is 0 Å². The van der Waals surface area contributed by atoms with Crippen LogP contribution in [0.1, 0.15) is 51.3 Å². The molecule has 1 aromatic carbocycles. The number of likely N-dealkylation sites (tertiary alicyclic amines) is 1. The standard InChI is InChI=1S/C31H44N8O7/c1-4-18(2)26(38-27(41)19(3)35-25(40)15-32)29(43)36-22(14-21-16-33-17-34-21)30(44)39-12-8-11-24(39)28(42)37-23(31(45)46)13-20-9-6-5-7-10-20/h5-7,9-10,16-19,22-24,26H,4,8,11-15,32H2,1-3H3,(H,33,34)(H,35,40)(H,36,43)(H,37,42)(H,38,41)(H,45,46)/t18-,19-,22-,23-,24-,26-/m0/s1. The average molecular weight is 641 g/mol. The molecule has 6 atom stereocenters. The van der Waals surface area contributed by atoms with Gasteiger partial charge in [0.2, 0.25) is 29.5 Å². The zero-order chi connectivity index (χ0) is 33.8. The quantitative estimate of drug-likeness (QED) is 0.122. The number of hydrogen-bond acceptors (Lipinski definition) is 8. The number of aromatic amines is 1. The number of rotatable bonds is 16. The van der Waals surface area contributed by atoms with E-state index in [9.17, 15) is 33.9 Å². The molecule has 15 heteroatoms. The number of amides is 5. The van der Waals surface area contributed by atoms with Crippen LogP contribution in [-0.2, 0) is 41.6 Å². The molecular weight excluding hydrogens is 596 g/mol. The van der Waals surface area contributed by atoms with Gasteiger partial charge in [0.1, 0.15) is 30.2 Å². The van der Waals surface area contributed by atoms with Crippen molar-refractivity contribution in [1.29, 1.82) is 0 Å². The minimum absolute atomic E-state index is 0.0191. The lowest BCUT2D eigenvalue weighted by Gasteiger charge is -2.31. The summed E-state index contributed by atoms with van der Waals surface area (Å²) < 4.78 is 0. The molecule has 1 aliphatic rings. The number of aliphatic carboxylic acids is 1. The summed E-state index contributed by atoms with van der Waals surface area (Å²) in [6.45, 7) is 5.01. The number of carbonyl (C=O) groups is 6. The van der Waals surface area contributed by atoms with Gasteiger partial charge in [-0.3, -0.25) is 24.0 Å². The van der Waals surface area contributed by atoms with E-state index in [1.54, 1.807) is 37.3 Å². The molecule has 0 bridgehead atoms. The Labute approximate surface area is 267 Å². The number of carboxylic acid groups (broad SMARTS) is 1. The molecule has 3 rings (SSSR count). The van der Waals surface area contributed by atoms with Crippen molar-refractivity contribution in [2.45, 2.75) is 83.1 Å². The second kappa shape index (κ2) is 17.1. The van der Waals surface area contributed by atoms with Crippen LogP contribution in [0.4, 0.5) is 0 Å². The third-order valence-corrected chi connectivity index (χ3v) is 8.08. The van der Waals surface area contributed by atoms with Crippen LogP contribution >= 0.6 is 0 Å². The summed E-state index contributed by atoms with van der Waals surface area (Å²) in [5.41, 5.74) is 6.61. The van der Waals surface area contributed by atoms with E-state index in [0.29, 0.717) is 25.0 Å². The molecule has 1 fully saturated rings. The van der Waals surface area contributed by atoms with Crippen molar-refractivity contribution >= 4 is 35.5 Å². The van der Waals surface area contributed by atoms with E-state index in [4.69, 9.17) is 5.73 Å². The predicted molar refractivity (Wildman–Crippen MR) is 167 cm³/mol. The van der Waals surface area contributed by atoms with Crippen LogP contribution in [0, 0.1) is 5.92 Å². The molecule has 250 valence electrons. The van der Waals surface area contributed by atoms with Crippen molar-refractivity contribution in [3.05, 3.63) is 54.1 Å². The van der Waals surface area contributed by atoms with E-state index >= 15 is 0 Å². The summed E-state index contributed by atoms with van der Waals surface area (Å²) in [6, 6.07) is 3.60. The lowest BCUT2D eigenvalue weighted by molar-refractivity contribution is -0.145. The van der Waals surface area contributed by atoms with Gasteiger partial charge in [-0.15, -0.1) is 0 Å². The first-order valence-corrected chi connectivity index (χ1v) is 15.4. The van der Waals surface area contributed by atoms with E-state index in [2.05, 4.69) is 31.2 Å². The van der Waals surface area contributed by atoms with Crippen molar-refractivity contribution in [1.82, 2.24) is 36.1 Å². The first-order valence-electron chi connectivity index (χ1n) is 15.4. The second-order valence-corrected chi connectivity index (χ2v) is 11.5. The monoisotopic (exact) mass is 640 g/mol. The average Bonchev–Trinajstić information content (AvgIpc) is 3.75. The number of nitrogens with one attached hydrogen (secondary N) is 5. The summed E-state index contributed by atoms with van der Waals surface area (Å²) in [6.07, 6.45) is 4.37. The maximum atomic E-state index is 14.0. The van der Waals surface area contributed by atoms with Gasteiger partial charge >= 0.3 is 5.97 Å². The van der Waals surface area contributed by atoms with Gasteiger partial charge in [-0.05, 0) is 31.2 Å². The molecule has 1 aliphatic heterocycles. The fourth-order valence-electron chi connectivity index (χ4n) is 5.24. The third-order valence-electron chi connectivity index (χ3n) is 8.08. The number of aromatic nitrogens is 2. The largest absolute Gasteiger partial charge is 0.480 e. The number of benzene rings is 1. The molecule has 1 saturated heterocycles. The van der Waals surface area contributed by atoms with Crippen LogP contribution in [0.3, 0.4) is 0 Å². The molecule has 5 amide bonds. The second-order valence-electron chi connectivity index (χ2n) is 11.5. The molecule has 0 unspecified atom stereocenters. The fourth-order valence-corrected chi connectivity index (χ4v) is 5.24. The molecule has 2 heterocycles. The van der Waals surface area contributed by atoms with Gasteiger partial charge in [-0.1, -0.05) is 50.6 Å². The molecule has 46 heavy (non-hydrogen) atoms. The maximum Gasteiger partial charge on any atom is 0.326 e. The Morgan fingerprint density at radius 2 is 1.72 bits per heavy atom. The van der Waals surface area contributed by atoms with E-state index < -0.39 is 65.7 Å². The number of carboxylic acids is 1. The minimum atomic E-state index is -1.20. The number of imidazole rings is 1. The van der Waals surface area contributed by atoms with Gasteiger partial charge in [0, 0.05) is 31.3 Å². The van der Waals surface area contributed by atoms with E-state index in [0.717, 1.165) is 5.56 Å². The van der Waals surface area contributed by atoms with Crippen LogP contribution in [0.25, 0.3) is 0 Å². The van der Waals surface area contributed by atoms with E-state index in [-0.39, 0.29) is 31.8 Å². The van der Waals surface area contributed by atoms with Gasteiger partial charge in [0.25, 0.3) is 0 Å². The number of nitrogens with two attached hydrogens (primary N) is 1. The Bertz CT molecular complexity index is 1350. The number of hydrogen-bond donors (Lipinski definition) is 7. The number of carbonyl (C=O) groups excluding carboxylic acids is 5. The topological polar surface area (TPSA) is 229 Å². The molecule has 1 aromatic heterocycles. The highest BCUT2D eigenvalue weighted by Crippen LogP contribution is 2.20. The Kier molecular flexibility index (Phi) is 13.2. The Balaban J connectivity index is 1.78. The Hall–Kier alpha value is -4.79. The minimum Gasteiger partial charge on any atom is -0.480 e. The van der Waals surface area contributed by atoms with Crippen LogP contribution < -0.4 is 27.0 Å². The van der Waals surface area contributed by atoms with Gasteiger partial charge in [-0.25, -0.2) is 9.78 Å². The summed E-state index contributed by atoms with van der Waals surface area (Å²) in [5, 5.41) is 20.3. The highest BCUT2D eigenvalue weighted by atomic mass is 16.4.